The number of hydrogen-bond donors (Lipinski definition) is 1. The van der Waals surface area contributed by atoms with Gasteiger partial charge in [0.05, 0.1) is 17.8 Å². The first kappa shape index (κ1) is 15.4. The summed E-state index contributed by atoms with van der Waals surface area (Å²) in [7, 11) is 0. The van der Waals surface area contributed by atoms with Crippen molar-refractivity contribution in [3.8, 4) is 11.4 Å². The Morgan fingerprint density at radius 1 is 1.12 bits per heavy atom. The molecule has 3 heterocycles. The number of H-pyrrole nitrogens is 1. The normalized spacial score (nSPS) is 11.1. The van der Waals surface area contributed by atoms with Gasteiger partial charge in [-0.3, -0.25) is 14.3 Å². The summed E-state index contributed by atoms with van der Waals surface area (Å²) < 4.78 is 19.4. The van der Waals surface area contributed by atoms with E-state index in [1.165, 1.54) is 12.1 Å². The number of nitrogens with zero attached hydrogens (tertiary/aromatic N) is 3. The number of nitrogens with one attached hydrogen (secondary N) is 1. The second-order valence-electron chi connectivity index (χ2n) is 5.36. The van der Waals surface area contributed by atoms with E-state index in [2.05, 4.69) is 14.3 Å². The Morgan fingerprint density at radius 3 is 2.68 bits per heavy atom. The first-order valence-corrected chi connectivity index (χ1v) is 8.20. The molecule has 0 atom stereocenters. The van der Waals surface area contributed by atoms with Gasteiger partial charge in [0.2, 0.25) is 0 Å². The van der Waals surface area contributed by atoms with Crippen LogP contribution in [0.2, 0.25) is 0 Å². The topological polar surface area (TPSA) is 80.6 Å². The van der Waals surface area contributed by atoms with Crippen molar-refractivity contribution in [3.63, 3.8) is 0 Å². The Hall–Kier alpha value is -3.13. The van der Waals surface area contributed by atoms with Gasteiger partial charge in [-0.05, 0) is 29.7 Å². The van der Waals surface area contributed by atoms with E-state index >= 15 is 0 Å². The lowest BCUT2D eigenvalue weighted by atomic mass is 10.2. The molecule has 4 rings (SSSR count). The largest absolute Gasteiger partial charge is 0.329 e. The van der Waals surface area contributed by atoms with E-state index in [4.69, 9.17) is 0 Å². The molecule has 0 spiro atoms. The number of aromatic amines is 1. The average Bonchev–Trinajstić information content (AvgIpc) is 3.04. The first-order chi connectivity index (χ1) is 12.1. The Morgan fingerprint density at radius 2 is 1.92 bits per heavy atom. The fraction of sp³-hybridized carbons (Fsp3) is 0.0588. The maximum atomic E-state index is 13.8. The third kappa shape index (κ3) is 2.66. The van der Waals surface area contributed by atoms with Crippen LogP contribution >= 0.6 is 11.5 Å². The summed E-state index contributed by atoms with van der Waals surface area (Å²) in [6.07, 6.45) is 1.61. The third-order valence-corrected chi connectivity index (χ3v) is 4.64. The zero-order valence-electron chi connectivity index (χ0n) is 12.8. The minimum Gasteiger partial charge on any atom is -0.304 e. The van der Waals surface area contributed by atoms with Crippen molar-refractivity contribution in [2.75, 3.05) is 0 Å². The van der Waals surface area contributed by atoms with Crippen LogP contribution in [0.5, 0.6) is 0 Å². The summed E-state index contributed by atoms with van der Waals surface area (Å²) >= 11 is 0.986. The van der Waals surface area contributed by atoms with Gasteiger partial charge in [-0.15, -0.1) is 0 Å². The summed E-state index contributed by atoms with van der Waals surface area (Å²) in [6.45, 7) is -0.145. The van der Waals surface area contributed by atoms with E-state index in [9.17, 15) is 14.0 Å². The number of fused-ring (bicyclic) bond motifs is 1. The molecule has 0 aliphatic rings. The number of halogens is 1. The van der Waals surface area contributed by atoms with Gasteiger partial charge in [0, 0.05) is 11.8 Å². The molecule has 0 aliphatic carbocycles. The zero-order valence-corrected chi connectivity index (χ0v) is 13.6. The highest BCUT2D eigenvalue weighted by Crippen LogP contribution is 2.24. The molecule has 6 nitrogen and oxygen atoms in total. The molecule has 8 heteroatoms. The molecule has 0 fully saturated rings. The maximum absolute atomic E-state index is 13.8. The van der Waals surface area contributed by atoms with Gasteiger partial charge in [0.1, 0.15) is 16.2 Å². The van der Waals surface area contributed by atoms with E-state index in [1.54, 1.807) is 36.5 Å². The molecule has 0 unspecified atom stereocenters. The Kier molecular flexibility index (Phi) is 3.73. The molecule has 0 radical (unpaired) electrons. The molecule has 3 aromatic heterocycles. The second kappa shape index (κ2) is 6.06. The number of hydrogen-bond acceptors (Lipinski definition) is 5. The van der Waals surface area contributed by atoms with E-state index < -0.39 is 17.1 Å². The predicted molar refractivity (Wildman–Crippen MR) is 93.2 cm³/mol. The fourth-order valence-electron chi connectivity index (χ4n) is 2.56. The molecular weight excluding hydrogens is 343 g/mol. The van der Waals surface area contributed by atoms with E-state index in [0.717, 1.165) is 16.1 Å². The van der Waals surface area contributed by atoms with Crippen LogP contribution in [-0.4, -0.2) is 18.9 Å². The van der Waals surface area contributed by atoms with Crippen LogP contribution in [0.25, 0.3) is 21.6 Å². The lowest BCUT2D eigenvalue weighted by Gasteiger charge is -2.06. The van der Waals surface area contributed by atoms with Crippen LogP contribution in [0.3, 0.4) is 0 Å². The fourth-order valence-corrected chi connectivity index (χ4v) is 3.35. The Balaban J connectivity index is 1.88. The summed E-state index contributed by atoms with van der Waals surface area (Å²) in [5.41, 5.74) is 0.524. The van der Waals surface area contributed by atoms with Gasteiger partial charge in [-0.2, -0.15) is 4.37 Å². The molecule has 124 valence electrons. The summed E-state index contributed by atoms with van der Waals surface area (Å²) in [4.78, 5) is 31.9. The standard InChI is InChI=1S/C17H11FN4O2S/c18-11-6-2-1-5-10(11)9-22-16(23)15-14(20-17(22)24)13(21-25-15)12-7-3-4-8-19-12/h1-8H,9H2,(H,20,24). The quantitative estimate of drug-likeness (QED) is 0.613. The highest BCUT2D eigenvalue weighted by Gasteiger charge is 2.17. The van der Waals surface area contributed by atoms with Crippen LogP contribution in [-0.2, 0) is 6.54 Å². The minimum atomic E-state index is -0.613. The summed E-state index contributed by atoms with van der Waals surface area (Å²) in [6, 6.07) is 11.3. The molecule has 1 aromatic carbocycles. The van der Waals surface area contributed by atoms with Crippen LogP contribution in [0.1, 0.15) is 5.56 Å². The molecule has 25 heavy (non-hydrogen) atoms. The SMILES string of the molecule is O=c1[nH]c2c(-c3ccccn3)nsc2c(=O)n1Cc1ccccc1F. The monoisotopic (exact) mass is 354 g/mol. The second-order valence-corrected chi connectivity index (χ2v) is 6.14. The highest BCUT2D eigenvalue weighted by molar-refractivity contribution is 7.13. The van der Waals surface area contributed by atoms with Crippen molar-refractivity contribution in [3.05, 3.63) is 80.9 Å². The highest BCUT2D eigenvalue weighted by atomic mass is 32.1. The number of pyridine rings is 1. The van der Waals surface area contributed by atoms with Crippen LogP contribution in [0, 0.1) is 5.82 Å². The third-order valence-electron chi connectivity index (χ3n) is 3.80. The van der Waals surface area contributed by atoms with Gasteiger partial charge < -0.3 is 4.98 Å². The molecule has 0 aliphatic heterocycles. The summed E-state index contributed by atoms with van der Waals surface area (Å²) in [5, 5.41) is 0. The summed E-state index contributed by atoms with van der Waals surface area (Å²) in [5.74, 6) is -0.465. The molecule has 0 bridgehead atoms. The van der Waals surface area contributed by atoms with Crippen LogP contribution < -0.4 is 11.2 Å². The van der Waals surface area contributed by atoms with Crippen molar-refractivity contribution in [1.29, 1.82) is 0 Å². The molecule has 4 aromatic rings. The van der Waals surface area contributed by atoms with Crippen molar-refractivity contribution in [2.45, 2.75) is 6.54 Å². The molecule has 0 amide bonds. The molecule has 0 saturated heterocycles. The van der Waals surface area contributed by atoms with E-state index in [1.807, 2.05) is 0 Å². The van der Waals surface area contributed by atoms with Crippen molar-refractivity contribution < 1.29 is 4.39 Å². The van der Waals surface area contributed by atoms with Crippen molar-refractivity contribution in [1.82, 2.24) is 18.9 Å². The number of rotatable bonds is 3. The van der Waals surface area contributed by atoms with Crippen LogP contribution in [0.15, 0.2) is 58.3 Å². The van der Waals surface area contributed by atoms with Gasteiger partial charge in [-0.25, -0.2) is 9.18 Å². The van der Waals surface area contributed by atoms with E-state index in [-0.39, 0.29) is 12.1 Å². The van der Waals surface area contributed by atoms with Crippen molar-refractivity contribution in [2.24, 2.45) is 0 Å². The molecule has 1 N–H and O–H groups in total. The Labute approximate surface area is 144 Å². The van der Waals surface area contributed by atoms with E-state index in [0.29, 0.717) is 21.6 Å². The number of benzene rings is 1. The van der Waals surface area contributed by atoms with Gasteiger partial charge in [-0.1, -0.05) is 24.3 Å². The lowest BCUT2D eigenvalue weighted by molar-refractivity contribution is 0.591. The van der Waals surface area contributed by atoms with Crippen LogP contribution in [0.4, 0.5) is 4.39 Å². The zero-order chi connectivity index (χ0) is 17.4. The predicted octanol–water partition coefficient (Wildman–Crippen LogP) is 2.40. The van der Waals surface area contributed by atoms with Gasteiger partial charge in [0.25, 0.3) is 5.56 Å². The Bertz CT molecular complexity index is 1180. The lowest BCUT2D eigenvalue weighted by Crippen LogP contribution is -2.35. The average molecular weight is 354 g/mol. The minimum absolute atomic E-state index is 0.145. The van der Waals surface area contributed by atoms with Gasteiger partial charge in [0.15, 0.2) is 0 Å². The number of aromatic nitrogens is 4. The first-order valence-electron chi connectivity index (χ1n) is 7.42. The smallest absolute Gasteiger partial charge is 0.304 e. The van der Waals surface area contributed by atoms with Crippen molar-refractivity contribution >= 4 is 21.7 Å². The molecular formula is C17H11FN4O2S. The van der Waals surface area contributed by atoms with Gasteiger partial charge >= 0.3 is 5.69 Å². The maximum Gasteiger partial charge on any atom is 0.329 e. The molecule has 0 saturated carbocycles.